The zero-order chi connectivity index (χ0) is 10.8. The molecule has 1 aromatic carbocycles. The fourth-order valence-corrected chi connectivity index (χ4v) is 3.19. The van der Waals surface area contributed by atoms with E-state index in [2.05, 4.69) is 40.5 Å². The molecule has 1 aliphatic carbocycles. The van der Waals surface area contributed by atoms with Crippen molar-refractivity contribution in [2.75, 3.05) is 13.1 Å². The zero-order valence-corrected chi connectivity index (χ0v) is 9.73. The van der Waals surface area contributed by atoms with Crippen molar-refractivity contribution >= 4 is 0 Å². The molecule has 0 bridgehead atoms. The van der Waals surface area contributed by atoms with E-state index in [1.165, 1.54) is 31.4 Å². The highest BCUT2D eigenvalue weighted by molar-refractivity contribution is 5.15. The van der Waals surface area contributed by atoms with Crippen LogP contribution in [0.1, 0.15) is 24.8 Å². The lowest BCUT2D eigenvalue weighted by Crippen LogP contribution is -2.54. The molecule has 0 radical (unpaired) electrons. The summed E-state index contributed by atoms with van der Waals surface area (Å²) in [4.78, 5) is 2.67. The Hall–Kier alpha value is -0.860. The molecule has 0 spiro atoms. The van der Waals surface area contributed by atoms with Crippen LogP contribution in [0.2, 0.25) is 0 Å². The highest BCUT2D eigenvalue weighted by Gasteiger charge is 2.34. The molecule has 2 nitrogen and oxygen atoms in total. The number of fused-ring (bicyclic) bond motifs is 1. The Kier molecular flexibility index (Phi) is 2.94. The van der Waals surface area contributed by atoms with Crippen molar-refractivity contribution in [3.8, 4) is 0 Å². The molecule has 2 fully saturated rings. The number of nitrogens with zero attached hydrogens (tertiary/aromatic N) is 1. The Morgan fingerprint density at radius 2 is 2.06 bits per heavy atom. The third-order valence-corrected chi connectivity index (χ3v) is 3.98. The number of hydrogen-bond donors (Lipinski definition) is 1. The first-order valence-corrected chi connectivity index (χ1v) is 6.45. The summed E-state index contributed by atoms with van der Waals surface area (Å²) >= 11 is 0. The Balaban J connectivity index is 1.70. The van der Waals surface area contributed by atoms with Gasteiger partial charge in [-0.15, -0.1) is 0 Å². The molecule has 16 heavy (non-hydrogen) atoms. The maximum atomic E-state index is 3.66. The van der Waals surface area contributed by atoms with Gasteiger partial charge in [0.05, 0.1) is 0 Å². The Bertz CT molecular complexity index is 336. The molecule has 1 saturated carbocycles. The van der Waals surface area contributed by atoms with Crippen LogP contribution in [0.3, 0.4) is 0 Å². The second-order valence-corrected chi connectivity index (χ2v) is 5.01. The molecule has 0 aromatic heterocycles. The SMILES string of the molecule is c1ccc(CN2CCN[C@H]3CCC[C@H]32)cc1. The molecule has 1 aliphatic heterocycles. The molecule has 2 heteroatoms. The van der Waals surface area contributed by atoms with Crippen LogP contribution in [0.4, 0.5) is 0 Å². The van der Waals surface area contributed by atoms with Crippen LogP contribution in [0.15, 0.2) is 30.3 Å². The average Bonchev–Trinajstić information content (AvgIpc) is 2.80. The topological polar surface area (TPSA) is 15.3 Å². The summed E-state index contributed by atoms with van der Waals surface area (Å²) in [6.07, 6.45) is 4.15. The van der Waals surface area contributed by atoms with Crippen LogP contribution < -0.4 is 5.32 Å². The van der Waals surface area contributed by atoms with E-state index >= 15 is 0 Å². The minimum absolute atomic E-state index is 0.762. The van der Waals surface area contributed by atoms with Gasteiger partial charge in [0.25, 0.3) is 0 Å². The van der Waals surface area contributed by atoms with Gasteiger partial charge in [0.15, 0.2) is 0 Å². The van der Waals surface area contributed by atoms with Crippen molar-refractivity contribution in [2.45, 2.75) is 37.9 Å². The van der Waals surface area contributed by atoms with Crippen molar-refractivity contribution in [2.24, 2.45) is 0 Å². The predicted molar refractivity (Wildman–Crippen MR) is 66.3 cm³/mol. The van der Waals surface area contributed by atoms with Crippen molar-refractivity contribution in [1.82, 2.24) is 10.2 Å². The number of hydrogen-bond acceptors (Lipinski definition) is 2. The normalized spacial score (nSPS) is 30.2. The van der Waals surface area contributed by atoms with Gasteiger partial charge in [-0.1, -0.05) is 36.8 Å². The second kappa shape index (κ2) is 4.56. The van der Waals surface area contributed by atoms with Crippen molar-refractivity contribution < 1.29 is 0 Å². The molecular formula is C14H20N2. The first kappa shape index (κ1) is 10.3. The first-order chi connectivity index (χ1) is 7.93. The molecule has 86 valence electrons. The minimum atomic E-state index is 0.762. The molecular weight excluding hydrogens is 196 g/mol. The van der Waals surface area contributed by atoms with Gasteiger partial charge < -0.3 is 5.32 Å². The number of benzene rings is 1. The monoisotopic (exact) mass is 216 g/mol. The summed E-state index contributed by atoms with van der Waals surface area (Å²) in [6, 6.07) is 12.4. The first-order valence-electron chi connectivity index (χ1n) is 6.45. The van der Waals surface area contributed by atoms with Crippen LogP contribution in [0.25, 0.3) is 0 Å². The van der Waals surface area contributed by atoms with Gasteiger partial charge in [0, 0.05) is 31.7 Å². The summed E-state index contributed by atoms with van der Waals surface area (Å²) in [5, 5.41) is 3.66. The highest BCUT2D eigenvalue weighted by atomic mass is 15.2. The highest BCUT2D eigenvalue weighted by Crippen LogP contribution is 2.27. The maximum Gasteiger partial charge on any atom is 0.0253 e. The van der Waals surface area contributed by atoms with Crippen molar-refractivity contribution in [3.63, 3.8) is 0 Å². The zero-order valence-electron chi connectivity index (χ0n) is 9.73. The van der Waals surface area contributed by atoms with E-state index in [-0.39, 0.29) is 0 Å². The average molecular weight is 216 g/mol. The largest absolute Gasteiger partial charge is 0.311 e. The van der Waals surface area contributed by atoms with Gasteiger partial charge >= 0.3 is 0 Å². The lowest BCUT2D eigenvalue weighted by atomic mass is 10.1. The maximum absolute atomic E-state index is 3.66. The molecule has 1 N–H and O–H groups in total. The summed E-state index contributed by atoms with van der Waals surface area (Å²) in [5.74, 6) is 0. The van der Waals surface area contributed by atoms with E-state index in [0.717, 1.165) is 25.2 Å². The van der Waals surface area contributed by atoms with E-state index in [4.69, 9.17) is 0 Å². The van der Waals surface area contributed by atoms with Crippen molar-refractivity contribution in [1.29, 1.82) is 0 Å². The van der Waals surface area contributed by atoms with E-state index in [9.17, 15) is 0 Å². The number of rotatable bonds is 2. The fraction of sp³-hybridized carbons (Fsp3) is 0.571. The Morgan fingerprint density at radius 3 is 2.94 bits per heavy atom. The molecule has 2 atom stereocenters. The third kappa shape index (κ3) is 2.00. The van der Waals surface area contributed by atoms with Crippen LogP contribution in [0, 0.1) is 0 Å². The summed E-state index contributed by atoms with van der Waals surface area (Å²) < 4.78 is 0. The second-order valence-electron chi connectivity index (χ2n) is 5.01. The van der Waals surface area contributed by atoms with Crippen LogP contribution in [-0.2, 0) is 6.54 Å². The van der Waals surface area contributed by atoms with Gasteiger partial charge in [0.2, 0.25) is 0 Å². The van der Waals surface area contributed by atoms with Gasteiger partial charge in [-0.3, -0.25) is 4.90 Å². The van der Waals surface area contributed by atoms with Gasteiger partial charge in [-0.05, 0) is 18.4 Å². The van der Waals surface area contributed by atoms with E-state index in [1.807, 2.05) is 0 Å². The van der Waals surface area contributed by atoms with E-state index < -0.39 is 0 Å². The lowest BCUT2D eigenvalue weighted by Gasteiger charge is -2.38. The lowest BCUT2D eigenvalue weighted by molar-refractivity contribution is 0.129. The number of piperazine rings is 1. The number of nitrogens with one attached hydrogen (secondary N) is 1. The standard InChI is InChI=1S/C14H20N2/c1-2-5-12(6-3-1)11-16-10-9-15-13-7-4-8-14(13)16/h1-3,5-6,13-15H,4,7-11H2/t13-,14+/m0/s1. The summed E-state index contributed by atoms with van der Waals surface area (Å²) in [6.45, 7) is 3.49. The summed E-state index contributed by atoms with van der Waals surface area (Å²) in [7, 11) is 0. The quantitative estimate of drug-likeness (QED) is 0.813. The van der Waals surface area contributed by atoms with Gasteiger partial charge in [-0.25, -0.2) is 0 Å². The fourth-order valence-electron chi connectivity index (χ4n) is 3.19. The third-order valence-electron chi connectivity index (χ3n) is 3.98. The molecule has 1 aromatic rings. The van der Waals surface area contributed by atoms with Gasteiger partial charge in [0.1, 0.15) is 0 Å². The Morgan fingerprint density at radius 1 is 1.19 bits per heavy atom. The minimum Gasteiger partial charge on any atom is -0.311 e. The smallest absolute Gasteiger partial charge is 0.0253 e. The van der Waals surface area contributed by atoms with E-state index in [0.29, 0.717) is 0 Å². The summed E-state index contributed by atoms with van der Waals surface area (Å²) in [5.41, 5.74) is 1.45. The Labute approximate surface area is 97.6 Å². The van der Waals surface area contributed by atoms with Crippen LogP contribution in [0.5, 0.6) is 0 Å². The van der Waals surface area contributed by atoms with Crippen LogP contribution in [-0.4, -0.2) is 30.1 Å². The van der Waals surface area contributed by atoms with Crippen molar-refractivity contribution in [3.05, 3.63) is 35.9 Å². The molecule has 2 aliphatic rings. The molecule has 3 rings (SSSR count). The molecule has 1 heterocycles. The predicted octanol–water partition coefficient (Wildman–Crippen LogP) is 2.01. The van der Waals surface area contributed by atoms with E-state index in [1.54, 1.807) is 0 Å². The molecule has 1 saturated heterocycles. The van der Waals surface area contributed by atoms with Gasteiger partial charge in [-0.2, -0.15) is 0 Å². The van der Waals surface area contributed by atoms with Crippen LogP contribution >= 0.6 is 0 Å². The molecule has 0 amide bonds. The molecule has 0 unspecified atom stereocenters.